The molecule has 0 amide bonds. The number of halogens is 3. The molecule has 0 atom stereocenters. The molecule has 0 N–H and O–H groups in total. The highest BCUT2D eigenvalue weighted by Crippen LogP contribution is 2.38. The predicted octanol–water partition coefficient (Wildman–Crippen LogP) is 5.04. The monoisotopic (exact) mass is 393 g/mol. The molecular formula is C20H22F3N3O2. The lowest BCUT2D eigenvalue weighted by Crippen LogP contribution is -2.20. The minimum atomic E-state index is -4.56. The smallest absolute Gasteiger partial charge is 0.433 e. The van der Waals surface area contributed by atoms with E-state index in [1.165, 1.54) is 14.2 Å². The zero-order valence-corrected chi connectivity index (χ0v) is 16.6. The van der Waals surface area contributed by atoms with Crippen LogP contribution in [0.5, 0.6) is 11.5 Å². The van der Waals surface area contributed by atoms with Crippen LogP contribution in [-0.4, -0.2) is 28.8 Å². The predicted molar refractivity (Wildman–Crippen MR) is 100.0 cm³/mol. The molecule has 0 bridgehead atoms. The number of fused-ring (bicyclic) bond motifs is 1. The largest absolute Gasteiger partial charge is 0.493 e. The van der Waals surface area contributed by atoms with Crippen molar-refractivity contribution in [2.45, 2.75) is 39.3 Å². The van der Waals surface area contributed by atoms with Gasteiger partial charge in [0, 0.05) is 11.0 Å². The summed E-state index contributed by atoms with van der Waals surface area (Å²) in [6.07, 6.45) is -4.56. The van der Waals surface area contributed by atoms with E-state index in [9.17, 15) is 13.2 Å². The summed E-state index contributed by atoms with van der Waals surface area (Å²) in [4.78, 5) is 4.54. The third-order valence-corrected chi connectivity index (χ3v) is 4.50. The van der Waals surface area contributed by atoms with E-state index in [1.54, 1.807) is 25.1 Å². The lowest BCUT2D eigenvalue weighted by Gasteiger charge is -2.20. The third-order valence-electron chi connectivity index (χ3n) is 4.50. The number of rotatable bonds is 3. The van der Waals surface area contributed by atoms with E-state index in [0.717, 1.165) is 10.6 Å². The van der Waals surface area contributed by atoms with Gasteiger partial charge in [-0.2, -0.15) is 18.3 Å². The Morgan fingerprint density at radius 1 is 0.964 bits per heavy atom. The molecule has 0 fully saturated rings. The molecule has 3 rings (SSSR count). The molecule has 2 aromatic heterocycles. The molecule has 0 spiro atoms. The van der Waals surface area contributed by atoms with Crippen molar-refractivity contribution in [1.82, 2.24) is 14.6 Å². The van der Waals surface area contributed by atoms with Crippen molar-refractivity contribution in [3.63, 3.8) is 0 Å². The number of hydrogen-bond donors (Lipinski definition) is 0. The molecule has 0 aliphatic rings. The number of alkyl halides is 3. The minimum absolute atomic E-state index is 0.157. The number of benzene rings is 1. The fourth-order valence-electron chi connectivity index (χ4n) is 3.04. The first kappa shape index (κ1) is 20.0. The van der Waals surface area contributed by atoms with Crippen molar-refractivity contribution in [1.29, 1.82) is 0 Å². The number of hydrogen-bond acceptors (Lipinski definition) is 4. The van der Waals surface area contributed by atoms with Crippen LogP contribution in [0.15, 0.2) is 24.3 Å². The van der Waals surface area contributed by atoms with E-state index < -0.39 is 17.3 Å². The zero-order chi connectivity index (χ0) is 20.9. The Morgan fingerprint density at radius 2 is 1.61 bits per heavy atom. The number of aryl methyl sites for hydroxylation is 1. The van der Waals surface area contributed by atoms with E-state index in [0.29, 0.717) is 34.0 Å². The molecule has 0 radical (unpaired) electrons. The summed E-state index contributed by atoms with van der Waals surface area (Å²) in [7, 11) is 3.02. The molecule has 0 saturated carbocycles. The molecule has 0 aliphatic carbocycles. The van der Waals surface area contributed by atoms with Crippen LogP contribution in [0.1, 0.15) is 37.9 Å². The highest BCUT2D eigenvalue weighted by atomic mass is 19.4. The second-order valence-electron chi connectivity index (χ2n) is 7.54. The Hall–Kier alpha value is -2.77. The van der Waals surface area contributed by atoms with Crippen LogP contribution in [-0.2, 0) is 11.6 Å². The summed E-state index contributed by atoms with van der Waals surface area (Å²) in [6.45, 7) is 7.14. The van der Waals surface area contributed by atoms with Gasteiger partial charge >= 0.3 is 6.18 Å². The standard InChI is InChI=1S/C20H22F3N3O2/c1-11-17(12-7-8-13(27-5)14(9-12)28-6)18-24-15(19(2,3)4)10-16(20(21,22)23)26(18)25-11/h7-10H,1-6H3. The molecule has 0 saturated heterocycles. The van der Waals surface area contributed by atoms with Gasteiger partial charge in [-0.25, -0.2) is 9.50 Å². The van der Waals surface area contributed by atoms with Gasteiger partial charge in [0.2, 0.25) is 0 Å². The van der Waals surface area contributed by atoms with Gasteiger partial charge in [0.25, 0.3) is 0 Å². The molecule has 150 valence electrons. The van der Waals surface area contributed by atoms with Gasteiger partial charge < -0.3 is 9.47 Å². The topological polar surface area (TPSA) is 48.7 Å². The fourth-order valence-corrected chi connectivity index (χ4v) is 3.04. The Morgan fingerprint density at radius 3 is 2.14 bits per heavy atom. The van der Waals surface area contributed by atoms with Crippen molar-refractivity contribution in [3.8, 4) is 22.6 Å². The molecule has 8 heteroatoms. The highest BCUT2D eigenvalue weighted by molar-refractivity contribution is 5.81. The van der Waals surface area contributed by atoms with Crippen LogP contribution < -0.4 is 9.47 Å². The van der Waals surface area contributed by atoms with Gasteiger partial charge in [-0.1, -0.05) is 26.8 Å². The summed E-state index contributed by atoms with van der Waals surface area (Å²) in [5, 5.41) is 4.14. The summed E-state index contributed by atoms with van der Waals surface area (Å²) < 4.78 is 52.6. The van der Waals surface area contributed by atoms with Crippen LogP contribution >= 0.6 is 0 Å². The van der Waals surface area contributed by atoms with Gasteiger partial charge in [0.15, 0.2) is 17.1 Å². The first-order chi connectivity index (χ1) is 13.0. The van der Waals surface area contributed by atoms with Gasteiger partial charge in [-0.05, 0) is 30.7 Å². The molecule has 1 aromatic carbocycles. The first-order valence-corrected chi connectivity index (χ1v) is 8.68. The average molecular weight is 393 g/mol. The van der Waals surface area contributed by atoms with E-state index in [-0.39, 0.29) is 5.65 Å². The average Bonchev–Trinajstić information content (AvgIpc) is 2.94. The maximum Gasteiger partial charge on any atom is 0.433 e. The van der Waals surface area contributed by atoms with Crippen molar-refractivity contribution >= 4 is 5.65 Å². The molecule has 0 unspecified atom stereocenters. The highest BCUT2D eigenvalue weighted by Gasteiger charge is 2.37. The number of methoxy groups -OCH3 is 2. The molecule has 3 aromatic rings. The Bertz CT molecular complexity index is 1030. The van der Waals surface area contributed by atoms with Crippen molar-refractivity contribution in [3.05, 3.63) is 41.3 Å². The minimum Gasteiger partial charge on any atom is -0.493 e. The molecule has 28 heavy (non-hydrogen) atoms. The van der Waals surface area contributed by atoms with Crippen LogP contribution in [0.2, 0.25) is 0 Å². The molecule has 0 aliphatic heterocycles. The van der Waals surface area contributed by atoms with E-state index in [2.05, 4.69) is 10.1 Å². The number of nitrogens with zero attached hydrogens (tertiary/aromatic N) is 3. The van der Waals surface area contributed by atoms with Crippen molar-refractivity contribution in [2.75, 3.05) is 14.2 Å². The van der Waals surface area contributed by atoms with Crippen molar-refractivity contribution < 1.29 is 22.6 Å². The maximum atomic E-state index is 13.7. The van der Waals surface area contributed by atoms with Crippen LogP contribution in [0, 0.1) is 6.92 Å². The van der Waals surface area contributed by atoms with Crippen LogP contribution in [0.25, 0.3) is 16.8 Å². The second-order valence-corrected chi connectivity index (χ2v) is 7.54. The quantitative estimate of drug-likeness (QED) is 0.626. The third kappa shape index (κ3) is 3.39. The molecule has 5 nitrogen and oxygen atoms in total. The SMILES string of the molecule is COc1ccc(-c2c(C)nn3c(C(F)(F)F)cc(C(C)(C)C)nc23)cc1OC. The summed E-state index contributed by atoms with van der Waals surface area (Å²) in [5.41, 5.74) is 0.704. The number of ether oxygens (including phenoxy) is 2. The maximum absolute atomic E-state index is 13.7. The van der Waals surface area contributed by atoms with Gasteiger partial charge in [-0.15, -0.1) is 0 Å². The Kier molecular flexibility index (Phi) is 4.77. The van der Waals surface area contributed by atoms with E-state index >= 15 is 0 Å². The lowest BCUT2D eigenvalue weighted by molar-refractivity contribution is -0.142. The Labute approximate surface area is 161 Å². The zero-order valence-electron chi connectivity index (χ0n) is 16.6. The van der Waals surface area contributed by atoms with Gasteiger partial charge in [-0.3, -0.25) is 0 Å². The Balaban J connectivity index is 2.37. The lowest BCUT2D eigenvalue weighted by atomic mass is 9.91. The summed E-state index contributed by atoms with van der Waals surface area (Å²) in [6, 6.07) is 6.23. The van der Waals surface area contributed by atoms with Gasteiger partial charge in [0.05, 0.1) is 25.6 Å². The van der Waals surface area contributed by atoms with Crippen LogP contribution in [0.4, 0.5) is 13.2 Å². The second kappa shape index (κ2) is 6.68. The number of aromatic nitrogens is 3. The van der Waals surface area contributed by atoms with Gasteiger partial charge in [0.1, 0.15) is 5.69 Å². The fraction of sp³-hybridized carbons (Fsp3) is 0.400. The van der Waals surface area contributed by atoms with E-state index in [1.807, 2.05) is 20.8 Å². The van der Waals surface area contributed by atoms with Crippen LogP contribution in [0.3, 0.4) is 0 Å². The molecular weight excluding hydrogens is 371 g/mol. The normalized spacial score (nSPS) is 12.5. The summed E-state index contributed by atoms with van der Waals surface area (Å²) in [5.74, 6) is 1.00. The first-order valence-electron chi connectivity index (χ1n) is 8.68. The summed E-state index contributed by atoms with van der Waals surface area (Å²) >= 11 is 0. The molecule has 2 heterocycles. The van der Waals surface area contributed by atoms with Crippen molar-refractivity contribution in [2.24, 2.45) is 0 Å². The van der Waals surface area contributed by atoms with E-state index in [4.69, 9.17) is 9.47 Å².